The second kappa shape index (κ2) is 5.50. The van der Waals surface area contributed by atoms with Crippen LogP contribution in [0.25, 0.3) is 10.9 Å². The first kappa shape index (κ1) is 13.7. The van der Waals surface area contributed by atoms with Gasteiger partial charge in [-0.2, -0.15) is 0 Å². The molecule has 2 N–H and O–H groups in total. The normalized spacial score (nSPS) is 13.1. The highest BCUT2D eigenvalue weighted by molar-refractivity contribution is 5.80. The van der Waals surface area contributed by atoms with E-state index >= 15 is 0 Å². The molecular weight excluding hydrogens is 242 g/mol. The maximum atomic E-state index is 12.0. The van der Waals surface area contributed by atoms with Crippen molar-refractivity contribution in [3.8, 4) is 0 Å². The minimum atomic E-state index is -0.404. The fourth-order valence-corrected chi connectivity index (χ4v) is 2.20. The highest BCUT2D eigenvalue weighted by atomic mass is 16.3. The molecule has 0 amide bonds. The smallest absolute Gasteiger partial charge is 0.258 e. The monoisotopic (exact) mass is 261 g/mol. The van der Waals surface area contributed by atoms with Crippen LogP contribution in [-0.2, 0) is 6.54 Å². The van der Waals surface area contributed by atoms with Gasteiger partial charge < -0.3 is 10.1 Å². The van der Waals surface area contributed by atoms with E-state index in [1.807, 2.05) is 31.0 Å². The number of hydrogen-bond acceptors (Lipinski definition) is 4. The summed E-state index contributed by atoms with van der Waals surface area (Å²) in [6.07, 6.45) is -0.404. The summed E-state index contributed by atoms with van der Waals surface area (Å²) < 4.78 is 0. The molecule has 1 atom stereocenters. The van der Waals surface area contributed by atoms with E-state index in [1.165, 1.54) is 0 Å². The fourth-order valence-electron chi connectivity index (χ4n) is 2.20. The molecule has 1 heterocycles. The van der Waals surface area contributed by atoms with Crippen LogP contribution in [0.15, 0.2) is 23.0 Å². The zero-order valence-electron chi connectivity index (χ0n) is 11.5. The van der Waals surface area contributed by atoms with E-state index in [0.717, 1.165) is 11.1 Å². The number of aliphatic hydroxyl groups excluding tert-OH is 1. The van der Waals surface area contributed by atoms with E-state index in [0.29, 0.717) is 24.3 Å². The van der Waals surface area contributed by atoms with Crippen LogP contribution in [0.2, 0.25) is 0 Å². The molecule has 5 heteroatoms. The van der Waals surface area contributed by atoms with Crippen LogP contribution in [-0.4, -0.2) is 39.7 Å². The minimum Gasteiger partial charge on any atom is -0.392 e. The number of H-pyrrole nitrogens is 1. The average Bonchev–Trinajstić information content (AvgIpc) is 2.29. The Morgan fingerprint density at radius 3 is 2.89 bits per heavy atom. The quantitative estimate of drug-likeness (QED) is 0.863. The molecule has 0 radical (unpaired) electrons. The summed E-state index contributed by atoms with van der Waals surface area (Å²) in [5, 5.41) is 9.95. The first-order valence-electron chi connectivity index (χ1n) is 6.32. The van der Waals surface area contributed by atoms with E-state index in [4.69, 9.17) is 0 Å². The van der Waals surface area contributed by atoms with Crippen molar-refractivity contribution in [1.82, 2.24) is 14.9 Å². The Hall–Kier alpha value is -1.72. The molecule has 2 aromatic rings. The number of rotatable bonds is 4. The number of aromatic amines is 1. The Balaban J connectivity index is 2.35. The summed E-state index contributed by atoms with van der Waals surface area (Å²) in [6, 6.07) is 5.57. The molecule has 0 aliphatic carbocycles. The fraction of sp³-hybridized carbons (Fsp3) is 0.429. The number of benzene rings is 1. The lowest BCUT2D eigenvalue weighted by Crippen LogP contribution is -2.28. The summed E-state index contributed by atoms with van der Waals surface area (Å²) in [5.41, 5.74) is 1.61. The van der Waals surface area contributed by atoms with Gasteiger partial charge in [0.2, 0.25) is 0 Å². The molecule has 0 bridgehead atoms. The van der Waals surface area contributed by atoms with Gasteiger partial charge in [0, 0.05) is 6.54 Å². The molecule has 1 aromatic heterocycles. The number of fused-ring (bicyclic) bond motifs is 1. The standard InChI is InChI=1S/C14H19N3O2/c1-9-5-4-6-11-13(9)15-12(16-14(11)19)8-17(3)7-10(2)18/h4-6,10,18H,7-8H2,1-3H3,(H,15,16,19). The van der Waals surface area contributed by atoms with Gasteiger partial charge in [-0.1, -0.05) is 12.1 Å². The molecule has 0 aliphatic heterocycles. The van der Waals surface area contributed by atoms with Crippen molar-refractivity contribution in [3.05, 3.63) is 39.9 Å². The Morgan fingerprint density at radius 1 is 1.47 bits per heavy atom. The molecule has 19 heavy (non-hydrogen) atoms. The van der Waals surface area contributed by atoms with Gasteiger partial charge in [-0.05, 0) is 32.5 Å². The summed E-state index contributed by atoms with van der Waals surface area (Å²) in [5.74, 6) is 0.620. The molecule has 0 saturated carbocycles. The van der Waals surface area contributed by atoms with E-state index in [-0.39, 0.29) is 5.56 Å². The molecule has 0 saturated heterocycles. The van der Waals surface area contributed by atoms with Crippen LogP contribution in [0.1, 0.15) is 18.3 Å². The van der Waals surface area contributed by atoms with E-state index in [2.05, 4.69) is 9.97 Å². The van der Waals surface area contributed by atoms with Crippen molar-refractivity contribution >= 4 is 10.9 Å². The molecule has 102 valence electrons. The summed E-state index contributed by atoms with van der Waals surface area (Å²) in [4.78, 5) is 21.2. The van der Waals surface area contributed by atoms with Crippen LogP contribution in [0.3, 0.4) is 0 Å². The van der Waals surface area contributed by atoms with Gasteiger partial charge in [-0.15, -0.1) is 0 Å². The van der Waals surface area contributed by atoms with Gasteiger partial charge in [0.25, 0.3) is 5.56 Å². The summed E-state index contributed by atoms with van der Waals surface area (Å²) >= 11 is 0. The van der Waals surface area contributed by atoms with Crippen molar-refractivity contribution < 1.29 is 5.11 Å². The van der Waals surface area contributed by atoms with Crippen LogP contribution in [0, 0.1) is 6.92 Å². The second-order valence-corrected chi connectivity index (χ2v) is 5.03. The zero-order chi connectivity index (χ0) is 14.0. The van der Waals surface area contributed by atoms with E-state index < -0.39 is 6.10 Å². The molecule has 0 aliphatic rings. The van der Waals surface area contributed by atoms with Crippen LogP contribution in [0.4, 0.5) is 0 Å². The number of aromatic nitrogens is 2. The van der Waals surface area contributed by atoms with Crippen molar-refractivity contribution in [3.63, 3.8) is 0 Å². The van der Waals surface area contributed by atoms with Gasteiger partial charge in [0.05, 0.1) is 23.6 Å². The second-order valence-electron chi connectivity index (χ2n) is 5.03. The Morgan fingerprint density at radius 2 is 2.21 bits per heavy atom. The van der Waals surface area contributed by atoms with Gasteiger partial charge in [-0.3, -0.25) is 9.69 Å². The Bertz CT molecular complexity index is 634. The average molecular weight is 261 g/mol. The molecule has 1 aromatic carbocycles. The highest BCUT2D eigenvalue weighted by Gasteiger charge is 2.09. The number of likely N-dealkylation sites (N-methyl/N-ethyl adjacent to an activating group) is 1. The van der Waals surface area contributed by atoms with Gasteiger partial charge in [0.1, 0.15) is 5.82 Å². The predicted octanol–water partition coefficient (Wildman–Crippen LogP) is 1.04. The summed E-state index contributed by atoms with van der Waals surface area (Å²) in [7, 11) is 1.88. The molecule has 2 rings (SSSR count). The number of hydrogen-bond donors (Lipinski definition) is 2. The molecule has 5 nitrogen and oxygen atoms in total. The van der Waals surface area contributed by atoms with Gasteiger partial charge >= 0.3 is 0 Å². The largest absolute Gasteiger partial charge is 0.392 e. The lowest BCUT2D eigenvalue weighted by Gasteiger charge is -2.17. The van der Waals surface area contributed by atoms with E-state index in [1.54, 1.807) is 13.0 Å². The van der Waals surface area contributed by atoms with E-state index in [9.17, 15) is 9.90 Å². The maximum Gasteiger partial charge on any atom is 0.258 e. The third-order valence-corrected chi connectivity index (χ3v) is 2.98. The molecule has 0 fully saturated rings. The third kappa shape index (κ3) is 3.19. The number of aryl methyl sites for hydroxylation is 1. The molecule has 0 spiro atoms. The first-order chi connectivity index (χ1) is 8.97. The lowest BCUT2D eigenvalue weighted by molar-refractivity contribution is 0.137. The van der Waals surface area contributed by atoms with Crippen molar-refractivity contribution in [2.45, 2.75) is 26.5 Å². The van der Waals surface area contributed by atoms with Gasteiger partial charge in [-0.25, -0.2) is 4.98 Å². The highest BCUT2D eigenvalue weighted by Crippen LogP contribution is 2.12. The SMILES string of the molecule is Cc1cccc2c(=O)[nH]c(CN(C)CC(C)O)nc12. The Labute approximate surface area is 111 Å². The topological polar surface area (TPSA) is 69.2 Å². The van der Waals surface area contributed by atoms with Crippen LogP contribution in [0.5, 0.6) is 0 Å². The van der Waals surface area contributed by atoms with Crippen LogP contribution >= 0.6 is 0 Å². The third-order valence-electron chi connectivity index (χ3n) is 2.98. The number of aliphatic hydroxyl groups is 1. The summed E-state index contributed by atoms with van der Waals surface area (Å²) in [6.45, 7) is 4.72. The lowest BCUT2D eigenvalue weighted by atomic mass is 10.1. The van der Waals surface area contributed by atoms with Gasteiger partial charge in [0.15, 0.2) is 0 Å². The minimum absolute atomic E-state index is 0.117. The maximum absolute atomic E-state index is 12.0. The first-order valence-corrected chi connectivity index (χ1v) is 6.32. The van der Waals surface area contributed by atoms with Crippen molar-refractivity contribution in [1.29, 1.82) is 0 Å². The predicted molar refractivity (Wildman–Crippen MR) is 75.1 cm³/mol. The van der Waals surface area contributed by atoms with Crippen LogP contribution < -0.4 is 5.56 Å². The molecular formula is C14H19N3O2. The van der Waals surface area contributed by atoms with Crippen molar-refractivity contribution in [2.24, 2.45) is 0 Å². The Kier molecular flexibility index (Phi) is 3.97. The molecule has 1 unspecified atom stereocenters. The number of nitrogens with zero attached hydrogens (tertiary/aromatic N) is 2. The zero-order valence-corrected chi connectivity index (χ0v) is 11.5. The van der Waals surface area contributed by atoms with Crippen molar-refractivity contribution in [2.75, 3.05) is 13.6 Å². The number of nitrogens with one attached hydrogen (secondary N) is 1. The number of para-hydroxylation sites is 1.